The smallest absolute Gasteiger partial charge is 0.0713 e. The molecule has 0 saturated heterocycles. The Balaban J connectivity index is 1.16. The largest absolute Gasteiger partial charge is 0.405 e. The molecule has 0 bridgehead atoms. The number of hydrogen-bond acceptors (Lipinski definition) is 1. The Morgan fingerprint density at radius 1 is 0.537 bits per heavy atom. The molecule has 7 aromatic carbocycles. The van der Waals surface area contributed by atoms with Crippen LogP contribution in [0.15, 0.2) is 261 Å². The summed E-state index contributed by atoms with van der Waals surface area (Å²) in [6.07, 6.45) is 26.8. The number of fused-ring (bicyclic) bond motifs is 6. The maximum atomic E-state index is 5.52. The van der Waals surface area contributed by atoms with Crippen molar-refractivity contribution in [2.45, 2.75) is 37.5 Å². The summed E-state index contributed by atoms with van der Waals surface area (Å²) in [5, 5.41) is 0. The minimum absolute atomic E-state index is 0.333. The summed E-state index contributed by atoms with van der Waals surface area (Å²) in [6, 6.07) is 65.1. The highest BCUT2D eigenvalue weighted by atomic mass is 14.5. The van der Waals surface area contributed by atoms with E-state index < -0.39 is 5.41 Å². The van der Waals surface area contributed by atoms with Gasteiger partial charge in [-0.15, -0.1) is 0 Å². The van der Waals surface area contributed by atoms with Crippen molar-refractivity contribution >= 4 is 22.8 Å². The van der Waals surface area contributed by atoms with Crippen LogP contribution in [0.3, 0.4) is 0 Å². The highest BCUT2D eigenvalue weighted by molar-refractivity contribution is 5.99. The molecule has 7 aromatic rings. The second-order valence-electron chi connectivity index (χ2n) is 17.7. The quantitative estimate of drug-likeness (QED) is 0.144. The number of hydrogen-bond donors (Lipinski definition) is 1. The zero-order chi connectivity index (χ0) is 45.8. The maximum Gasteiger partial charge on any atom is 0.0713 e. The van der Waals surface area contributed by atoms with Gasteiger partial charge in [-0.25, -0.2) is 0 Å². The molecule has 0 fully saturated rings. The topological polar surface area (TPSA) is 26.0 Å². The molecule has 0 amide bonds. The van der Waals surface area contributed by atoms with E-state index in [2.05, 4.69) is 226 Å². The Labute approximate surface area is 397 Å². The lowest BCUT2D eigenvalue weighted by Gasteiger charge is -2.39. The molecule has 0 radical (unpaired) electrons. The van der Waals surface area contributed by atoms with E-state index in [1.54, 1.807) is 0 Å². The number of nitrogens with two attached hydrogens (primary N) is 1. The van der Waals surface area contributed by atoms with Gasteiger partial charge < -0.3 is 5.73 Å². The lowest BCUT2D eigenvalue weighted by Crippen LogP contribution is -2.31. The summed E-state index contributed by atoms with van der Waals surface area (Å²) in [4.78, 5) is 0. The van der Waals surface area contributed by atoms with E-state index in [9.17, 15) is 0 Å². The lowest BCUT2D eigenvalue weighted by atomic mass is 9.63. The molecule has 1 spiro atoms. The van der Waals surface area contributed by atoms with Crippen LogP contribution < -0.4 is 5.73 Å². The minimum Gasteiger partial charge on any atom is -0.405 e. The molecule has 3 aliphatic rings. The monoisotopic (exact) mass is 861 g/mol. The van der Waals surface area contributed by atoms with Crippen LogP contribution in [0.2, 0.25) is 0 Å². The van der Waals surface area contributed by atoms with Gasteiger partial charge in [0.15, 0.2) is 0 Å². The van der Waals surface area contributed by atoms with Crippen molar-refractivity contribution in [2.24, 2.45) is 5.73 Å². The van der Waals surface area contributed by atoms with Crippen molar-refractivity contribution in [1.82, 2.24) is 0 Å². The zero-order valence-corrected chi connectivity index (χ0v) is 38.4. The molecule has 2 N–H and O–H groups in total. The number of aryl methyl sites for hydroxylation is 1. The summed E-state index contributed by atoms with van der Waals surface area (Å²) in [5.41, 5.74) is 27.2. The summed E-state index contributed by atoms with van der Waals surface area (Å²) >= 11 is 0. The molecule has 0 aliphatic heterocycles. The van der Waals surface area contributed by atoms with Crippen LogP contribution in [0.5, 0.6) is 0 Å². The molecule has 67 heavy (non-hydrogen) atoms. The predicted octanol–water partition coefficient (Wildman–Crippen LogP) is 16.0. The molecule has 3 aliphatic carbocycles. The van der Waals surface area contributed by atoms with Crippen molar-refractivity contribution in [2.75, 3.05) is 0 Å². The summed E-state index contributed by atoms with van der Waals surface area (Å²) in [6.45, 7) is 9.41. The normalized spacial score (nSPS) is 18.7. The number of allylic oxidation sites excluding steroid dienone is 14. The Bertz CT molecular complexity index is 3210. The molecule has 1 heteroatoms. The van der Waals surface area contributed by atoms with E-state index >= 15 is 0 Å². The predicted molar refractivity (Wildman–Crippen MR) is 285 cm³/mol. The highest BCUT2D eigenvalue weighted by Gasteiger charge is 2.49. The van der Waals surface area contributed by atoms with E-state index in [4.69, 9.17) is 12.3 Å². The molecular weight excluding hydrogens is 807 g/mol. The second kappa shape index (κ2) is 18.5. The first kappa shape index (κ1) is 42.9. The fourth-order valence-corrected chi connectivity index (χ4v) is 11.4. The standard InChI is InChI=1S/C66H55N/c1-4-25-59-47(2)55-32-19-21-36-60(55)65(59)44-43-50-26-17-18-31-54(50)48(3)64-56(35-24-38-62(64)65)51-41-39-49(40-42-51)46-63-58(33-16-8-6-5-7-9-23-45-67)57-34-20-22-37-61(57)66(63,52-27-12-10-13-28-52)53-29-14-11-15-30-53/h4-42,45-46H,3,43-44,67H2,1-2H3/b6-5-,9-7-,16-8+,25-4-,45-23+,58-33-,63-46+. The third kappa shape index (κ3) is 7.29. The van der Waals surface area contributed by atoms with Gasteiger partial charge >= 0.3 is 0 Å². The Kier molecular flexibility index (Phi) is 11.8. The highest BCUT2D eigenvalue weighted by Crippen LogP contribution is 2.59. The van der Waals surface area contributed by atoms with Crippen molar-refractivity contribution < 1.29 is 0 Å². The van der Waals surface area contributed by atoms with E-state index in [0.29, 0.717) is 0 Å². The fourth-order valence-electron chi connectivity index (χ4n) is 11.4. The second-order valence-corrected chi connectivity index (χ2v) is 17.7. The van der Waals surface area contributed by atoms with E-state index in [1.807, 2.05) is 30.4 Å². The summed E-state index contributed by atoms with van der Waals surface area (Å²) in [5.74, 6) is 0. The third-order valence-electron chi connectivity index (χ3n) is 14.2. The number of rotatable bonds is 9. The first-order chi connectivity index (χ1) is 33.0. The Morgan fingerprint density at radius 3 is 1.79 bits per heavy atom. The maximum absolute atomic E-state index is 5.52. The van der Waals surface area contributed by atoms with Crippen molar-refractivity contribution in [3.8, 4) is 11.1 Å². The zero-order valence-electron chi connectivity index (χ0n) is 38.4. The van der Waals surface area contributed by atoms with Crippen LogP contribution in [-0.4, -0.2) is 0 Å². The molecule has 0 aromatic heterocycles. The first-order valence-corrected chi connectivity index (χ1v) is 23.5. The van der Waals surface area contributed by atoms with E-state index in [0.717, 1.165) is 24.0 Å². The van der Waals surface area contributed by atoms with Gasteiger partial charge in [-0.05, 0) is 145 Å². The van der Waals surface area contributed by atoms with Gasteiger partial charge in [-0.3, -0.25) is 0 Å². The molecule has 1 unspecified atom stereocenters. The van der Waals surface area contributed by atoms with Crippen LogP contribution in [0.1, 0.15) is 81.5 Å². The summed E-state index contributed by atoms with van der Waals surface area (Å²) in [7, 11) is 0. The van der Waals surface area contributed by atoms with Gasteiger partial charge in [-0.2, -0.15) is 0 Å². The summed E-state index contributed by atoms with van der Waals surface area (Å²) < 4.78 is 0. The molecule has 0 heterocycles. The van der Waals surface area contributed by atoms with Gasteiger partial charge in [0.2, 0.25) is 0 Å². The van der Waals surface area contributed by atoms with Gasteiger partial charge in [0, 0.05) is 5.41 Å². The molecule has 1 atom stereocenters. The van der Waals surface area contributed by atoms with Crippen LogP contribution in [0.25, 0.3) is 33.9 Å². The van der Waals surface area contributed by atoms with Gasteiger partial charge in [0.05, 0.1) is 5.41 Å². The molecular formula is C66H55N. The van der Waals surface area contributed by atoms with Crippen LogP contribution >= 0.6 is 0 Å². The van der Waals surface area contributed by atoms with Crippen molar-refractivity contribution in [1.29, 1.82) is 0 Å². The molecule has 1 nitrogen and oxygen atoms in total. The average Bonchev–Trinajstić information content (AvgIpc) is 3.79. The molecule has 0 saturated carbocycles. The van der Waals surface area contributed by atoms with Gasteiger partial charge in [-0.1, -0.05) is 237 Å². The van der Waals surface area contributed by atoms with E-state index in [1.165, 1.54) is 95.3 Å². The Hall–Kier alpha value is -8.00. The lowest BCUT2D eigenvalue weighted by molar-refractivity contribution is 0.564. The molecule has 10 rings (SSSR count). The van der Waals surface area contributed by atoms with Crippen LogP contribution in [-0.2, 0) is 17.3 Å². The first-order valence-electron chi connectivity index (χ1n) is 23.5. The Morgan fingerprint density at radius 2 is 1.10 bits per heavy atom. The van der Waals surface area contributed by atoms with Crippen LogP contribution in [0, 0.1) is 0 Å². The number of benzene rings is 7. The SMILES string of the molecule is C=C1c2ccccc2CCC2(C(/C=C\C)=C(C)c3ccccc32)c2cccc(-c3ccc(\C=C4/C(=C\C=C\C=C/C=C\C=C\N)c5ccccc5C4(c4ccccc4)c4ccccc4)cc3)c21. The fraction of sp³-hybridized carbons (Fsp3) is 0.0909. The van der Waals surface area contributed by atoms with Gasteiger partial charge in [0.25, 0.3) is 0 Å². The van der Waals surface area contributed by atoms with Crippen molar-refractivity contribution in [3.05, 3.63) is 322 Å². The van der Waals surface area contributed by atoms with Gasteiger partial charge in [0.1, 0.15) is 0 Å². The van der Waals surface area contributed by atoms with Crippen LogP contribution in [0.4, 0.5) is 0 Å². The third-order valence-corrected chi connectivity index (χ3v) is 14.2. The van der Waals surface area contributed by atoms with E-state index in [-0.39, 0.29) is 5.41 Å². The minimum atomic E-state index is -0.562. The average molecular weight is 862 g/mol. The van der Waals surface area contributed by atoms with Crippen molar-refractivity contribution in [3.63, 3.8) is 0 Å². The molecule has 324 valence electrons.